The number of para-hydroxylation sites is 1. The van der Waals surface area contributed by atoms with E-state index in [4.69, 9.17) is 16.3 Å². The number of rotatable bonds is 10. The summed E-state index contributed by atoms with van der Waals surface area (Å²) in [6, 6.07) is 18.6. The van der Waals surface area contributed by atoms with E-state index in [2.05, 4.69) is 5.32 Å². The first-order chi connectivity index (χ1) is 24.9. The molecule has 0 saturated heterocycles. The summed E-state index contributed by atoms with van der Waals surface area (Å²) >= 11 is 6.24. The van der Waals surface area contributed by atoms with Crippen LogP contribution in [-0.4, -0.2) is 65.6 Å². The zero-order valence-electron chi connectivity index (χ0n) is 29.1. The van der Waals surface area contributed by atoms with Crippen LogP contribution in [0.1, 0.15) is 46.5 Å². The topological polar surface area (TPSA) is 82.1 Å². The van der Waals surface area contributed by atoms with Gasteiger partial charge in [-0.2, -0.15) is 26.3 Å². The van der Waals surface area contributed by atoms with Crippen molar-refractivity contribution in [3.63, 3.8) is 0 Å². The van der Waals surface area contributed by atoms with Crippen LogP contribution in [0.5, 0.6) is 5.75 Å². The molecular weight excluding hydrogens is 724 g/mol. The number of fused-ring (bicyclic) bond motifs is 1. The van der Waals surface area contributed by atoms with Gasteiger partial charge >= 0.3 is 12.4 Å². The number of aliphatic hydroxyl groups is 1. The van der Waals surface area contributed by atoms with Crippen LogP contribution in [0.15, 0.2) is 84.9 Å². The van der Waals surface area contributed by atoms with Gasteiger partial charge in [-0.05, 0) is 73.1 Å². The lowest BCUT2D eigenvalue weighted by Gasteiger charge is -2.38. The molecule has 0 saturated carbocycles. The highest BCUT2D eigenvalue weighted by Crippen LogP contribution is 2.37. The molecule has 5 rings (SSSR count). The number of carbonyl (C=O) groups excluding carboxylic acids is 2. The number of likely N-dealkylation sites (N-methyl/N-ethyl adjacent to an activating group) is 1. The van der Waals surface area contributed by atoms with Crippen molar-refractivity contribution < 1.29 is 45.8 Å². The van der Waals surface area contributed by atoms with Gasteiger partial charge in [0, 0.05) is 36.1 Å². The Morgan fingerprint density at radius 2 is 1.57 bits per heavy atom. The Morgan fingerprint density at radius 1 is 0.943 bits per heavy atom. The molecule has 0 radical (unpaired) electrons. The summed E-state index contributed by atoms with van der Waals surface area (Å²) in [6.07, 6.45) is -9.79. The van der Waals surface area contributed by atoms with Crippen LogP contribution >= 0.6 is 11.6 Å². The van der Waals surface area contributed by atoms with Crippen LogP contribution in [0.4, 0.5) is 32.0 Å². The Hall–Kier alpha value is -4.59. The number of hydrogen-bond acceptors (Lipinski definition) is 5. The highest BCUT2D eigenvalue weighted by atomic mass is 35.5. The zero-order chi connectivity index (χ0) is 38.7. The Kier molecular flexibility index (Phi) is 12.1. The lowest BCUT2D eigenvalue weighted by atomic mass is 9.98. The Labute approximate surface area is 308 Å². The first-order valence-corrected chi connectivity index (χ1v) is 17.1. The summed E-state index contributed by atoms with van der Waals surface area (Å²) in [7, 11) is 1.87. The van der Waals surface area contributed by atoms with Crippen LogP contribution in [-0.2, 0) is 30.1 Å². The monoisotopic (exact) mass is 761 g/mol. The van der Waals surface area contributed by atoms with E-state index in [1.807, 2.05) is 18.9 Å². The van der Waals surface area contributed by atoms with Crippen molar-refractivity contribution in [2.45, 2.75) is 51.3 Å². The van der Waals surface area contributed by atoms with E-state index in [0.717, 1.165) is 29.8 Å². The maximum absolute atomic E-state index is 13.8. The molecule has 4 aromatic rings. The van der Waals surface area contributed by atoms with E-state index in [1.165, 1.54) is 18.2 Å². The molecule has 0 bridgehead atoms. The maximum atomic E-state index is 13.8. The number of ether oxygens (including phenoxy) is 1. The summed E-state index contributed by atoms with van der Waals surface area (Å²) < 4.78 is 85.6. The van der Waals surface area contributed by atoms with Crippen molar-refractivity contribution in [1.82, 2.24) is 9.80 Å². The minimum atomic E-state index is -4.51. The normalized spacial score (nSPS) is 17.1. The van der Waals surface area contributed by atoms with Gasteiger partial charge in [-0.1, -0.05) is 61.0 Å². The number of nitrogens with one attached hydrogen (secondary N) is 1. The fourth-order valence-corrected chi connectivity index (χ4v) is 6.37. The molecule has 0 aliphatic carbocycles. The van der Waals surface area contributed by atoms with Crippen molar-refractivity contribution in [2.24, 2.45) is 5.92 Å². The SMILES string of the molecule is C[C@@H]1CN([C@@H](C)CO)C(=O)c2cccc(NC(=O)Cc3ccc(C(F)(F)F)cc3)c2O[C@@H]1CN(C)Cc1ccc(-c2cc(C(F)(F)F)ccc2Cl)cc1. The van der Waals surface area contributed by atoms with Crippen LogP contribution in [0.2, 0.25) is 5.02 Å². The van der Waals surface area contributed by atoms with Gasteiger partial charge in [0.05, 0.1) is 41.4 Å². The number of alkyl halides is 6. The molecule has 1 aliphatic rings. The molecule has 0 unspecified atom stereocenters. The Balaban J connectivity index is 1.36. The fourth-order valence-electron chi connectivity index (χ4n) is 6.15. The van der Waals surface area contributed by atoms with Gasteiger partial charge in [-0.15, -0.1) is 0 Å². The second-order valence-electron chi connectivity index (χ2n) is 13.3. The van der Waals surface area contributed by atoms with E-state index in [1.54, 1.807) is 54.3 Å². The van der Waals surface area contributed by atoms with Crippen molar-refractivity contribution >= 4 is 29.1 Å². The summed E-state index contributed by atoms with van der Waals surface area (Å²) in [5.74, 6) is -1.07. The fraction of sp³-hybridized carbons (Fsp3) is 0.333. The molecule has 53 heavy (non-hydrogen) atoms. The van der Waals surface area contributed by atoms with Gasteiger partial charge in [0.1, 0.15) is 6.10 Å². The predicted molar refractivity (Wildman–Crippen MR) is 190 cm³/mol. The number of amides is 2. The van der Waals surface area contributed by atoms with Crippen LogP contribution in [0.3, 0.4) is 0 Å². The summed E-state index contributed by atoms with van der Waals surface area (Å²) in [4.78, 5) is 30.5. The second-order valence-corrected chi connectivity index (χ2v) is 13.7. The first kappa shape index (κ1) is 39.6. The molecule has 0 fully saturated rings. The van der Waals surface area contributed by atoms with E-state index >= 15 is 0 Å². The van der Waals surface area contributed by atoms with E-state index in [0.29, 0.717) is 24.2 Å². The van der Waals surface area contributed by atoms with Gasteiger partial charge in [0.2, 0.25) is 5.91 Å². The molecular formula is C39H38ClF6N3O4. The quantitative estimate of drug-likeness (QED) is 0.158. The Morgan fingerprint density at radius 3 is 2.19 bits per heavy atom. The molecule has 4 aromatic carbocycles. The van der Waals surface area contributed by atoms with E-state index in [-0.39, 0.29) is 53.1 Å². The number of carbonyl (C=O) groups is 2. The van der Waals surface area contributed by atoms with E-state index in [9.17, 15) is 41.0 Å². The Bertz CT molecular complexity index is 1920. The molecule has 7 nitrogen and oxygen atoms in total. The lowest BCUT2D eigenvalue weighted by Crippen LogP contribution is -2.49. The smallest absolute Gasteiger partial charge is 0.416 e. The molecule has 0 aromatic heterocycles. The highest BCUT2D eigenvalue weighted by Gasteiger charge is 2.35. The van der Waals surface area contributed by atoms with Crippen LogP contribution in [0.25, 0.3) is 11.1 Å². The second kappa shape index (κ2) is 16.2. The summed E-state index contributed by atoms with van der Waals surface area (Å²) in [5.41, 5.74) is 0.740. The van der Waals surface area contributed by atoms with Crippen LogP contribution in [0, 0.1) is 5.92 Å². The third-order valence-corrected chi connectivity index (χ3v) is 9.44. The zero-order valence-corrected chi connectivity index (χ0v) is 29.8. The molecule has 282 valence electrons. The maximum Gasteiger partial charge on any atom is 0.416 e. The average Bonchev–Trinajstić information content (AvgIpc) is 3.09. The highest BCUT2D eigenvalue weighted by molar-refractivity contribution is 6.33. The molecule has 1 aliphatic heterocycles. The average molecular weight is 762 g/mol. The largest absolute Gasteiger partial charge is 0.486 e. The van der Waals surface area contributed by atoms with Crippen molar-refractivity contribution in [2.75, 3.05) is 32.1 Å². The molecule has 0 spiro atoms. The number of nitrogens with zero attached hydrogens (tertiary/aromatic N) is 2. The lowest BCUT2D eigenvalue weighted by molar-refractivity contribution is -0.138. The van der Waals surface area contributed by atoms with Gasteiger partial charge in [0.25, 0.3) is 5.91 Å². The molecule has 2 amide bonds. The van der Waals surface area contributed by atoms with Crippen LogP contribution < -0.4 is 10.1 Å². The number of halogens is 7. The van der Waals surface area contributed by atoms with Crippen molar-refractivity contribution in [3.05, 3.63) is 118 Å². The van der Waals surface area contributed by atoms with Crippen molar-refractivity contribution in [1.29, 1.82) is 0 Å². The minimum absolute atomic E-state index is 0.126. The third kappa shape index (κ3) is 9.70. The molecule has 14 heteroatoms. The molecule has 2 N–H and O–H groups in total. The van der Waals surface area contributed by atoms with Gasteiger partial charge in [-0.3, -0.25) is 14.5 Å². The third-order valence-electron chi connectivity index (χ3n) is 9.11. The number of hydrogen-bond donors (Lipinski definition) is 2. The first-order valence-electron chi connectivity index (χ1n) is 16.8. The summed E-state index contributed by atoms with van der Waals surface area (Å²) in [6.45, 7) is 4.38. The number of benzene rings is 4. The predicted octanol–water partition coefficient (Wildman–Crippen LogP) is 8.58. The number of anilines is 1. The molecule has 3 atom stereocenters. The minimum Gasteiger partial charge on any atom is -0.486 e. The molecule has 1 heterocycles. The van der Waals surface area contributed by atoms with Gasteiger partial charge < -0.3 is 20.1 Å². The summed E-state index contributed by atoms with van der Waals surface area (Å²) in [5, 5.41) is 13.0. The van der Waals surface area contributed by atoms with E-state index < -0.39 is 47.4 Å². The standard InChI is InChI=1S/C39H38ClF6N3O4/c1-23-19-49(24(2)22-50)37(52)30-5-4-6-33(47-35(51)17-25-9-13-28(14-10-25)38(41,42)43)36(30)53-34(23)21-48(3)20-26-7-11-27(12-8-26)31-18-29(39(44,45)46)15-16-32(31)40/h4-16,18,23-24,34,50H,17,19-22H2,1-3H3,(H,47,51)/t23-,24+,34-/m1/s1. The van der Waals surface area contributed by atoms with Gasteiger partial charge in [0.15, 0.2) is 5.75 Å². The number of aliphatic hydroxyl groups excluding tert-OH is 1. The van der Waals surface area contributed by atoms with Gasteiger partial charge in [-0.25, -0.2) is 0 Å². The van der Waals surface area contributed by atoms with Crippen molar-refractivity contribution in [3.8, 4) is 16.9 Å².